The van der Waals surface area contributed by atoms with Crippen molar-refractivity contribution in [3.63, 3.8) is 0 Å². The van der Waals surface area contributed by atoms with Gasteiger partial charge in [-0.15, -0.1) is 0 Å². The predicted octanol–water partition coefficient (Wildman–Crippen LogP) is 3.43. The van der Waals surface area contributed by atoms with E-state index in [1.165, 1.54) is 11.8 Å². The van der Waals surface area contributed by atoms with E-state index in [1.807, 2.05) is 30.3 Å². The van der Waals surface area contributed by atoms with Crippen LogP contribution in [0, 0.1) is 11.3 Å². The maximum atomic E-state index is 11.9. The minimum absolute atomic E-state index is 0.178. The molecular formula is C16H11N3O2S. The molecule has 3 rings (SSSR count). The quantitative estimate of drug-likeness (QED) is 0.747. The van der Waals surface area contributed by atoms with Crippen molar-refractivity contribution < 1.29 is 9.21 Å². The molecule has 0 radical (unpaired) electrons. The van der Waals surface area contributed by atoms with Crippen LogP contribution in [0.4, 0.5) is 5.69 Å². The van der Waals surface area contributed by atoms with Gasteiger partial charge in [-0.1, -0.05) is 30.0 Å². The van der Waals surface area contributed by atoms with Crippen LogP contribution < -0.4 is 5.32 Å². The molecule has 1 aromatic heterocycles. The zero-order valence-corrected chi connectivity index (χ0v) is 12.3. The maximum Gasteiger partial charge on any atom is 0.257 e. The van der Waals surface area contributed by atoms with Crippen LogP contribution in [0.15, 0.2) is 58.2 Å². The van der Waals surface area contributed by atoms with E-state index < -0.39 is 0 Å². The van der Waals surface area contributed by atoms with E-state index >= 15 is 0 Å². The van der Waals surface area contributed by atoms with Crippen LogP contribution in [-0.4, -0.2) is 16.6 Å². The number of thioether (sulfide) groups is 1. The fourth-order valence-corrected chi connectivity index (χ4v) is 2.54. The number of anilines is 1. The van der Waals surface area contributed by atoms with E-state index in [0.29, 0.717) is 22.1 Å². The number of fused-ring (bicyclic) bond motifs is 1. The number of nitriles is 1. The number of para-hydroxylation sites is 2. The summed E-state index contributed by atoms with van der Waals surface area (Å²) in [6.07, 6.45) is 0. The Morgan fingerprint density at radius 2 is 2.14 bits per heavy atom. The monoisotopic (exact) mass is 309 g/mol. The van der Waals surface area contributed by atoms with Gasteiger partial charge in [-0.2, -0.15) is 5.26 Å². The second kappa shape index (κ2) is 6.33. The standard InChI is InChI=1S/C16H11N3O2S/c17-9-11-4-3-5-12(8-11)18-15(20)10-22-16-19-13-6-1-2-7-14(13)21-16/h1-8H,10H2,(H,18,20). The molecule has 0 fully saturated rings. The lowest BCUT2D eigenvalue weighted by molar-refractivity contribution is -0.113. The average molecular weight is 309 g/mol. The summed E-state index contributed by atoms with van der Waals surface area (Å²) in [6.45, 7) is 0. The van der Waals surface area contributed by atoms with E-state index in [4.69, 9.17) is 9.68 Å². The van der Waals surface area contributed by atoms with Crippen LogP contribution in [0.1, 0.15) is 5.56 Å². The highest BCUT2D eigenvalue weighted by Gasteiger charge is 2.09. The van der Waals surface area contributed by atoms with Gasteiger partial charge in [0.05, 0.1) is 17.4 Å². The first-order chi connectivity index (χ1) is 10.7. The van der Waals surface area contributed by atoms with E-state index in [9.17, 15) is 4.79 Å². The van der Waals surface area contributed by atoms with Crippen molar-refractivity contribution in [2.75, 3.05) is 11.1 Å². The predicted molar refractivity (Wildman–Crippen MR) is 84.5 cm³/mol. The molecule has 0 aliphatic heterocycles. The van der Waals surface area contributed by atoms with Crippen molar-refractivity contribution in [3.8, 4) is 6.07 Å². The molecule has 1 N–H and O–H groups in total. The zero-order chi connectivity index (χ0) is 15.4. The van der Waals surface area contributed by atoms with Gasteiger partial charge in [0.25, 0.3) is 5.22 Å². The Hall–Kier alpha value is -2.78. The van der Waals surface area contributed by atoms with E-state index in [2.05, 4.69) is 10.3 Å². The molecule has 5 nitrogen and oxygen atoms in total. The normalized spacial score (nSPS) is 10.3. The van der Waals surface area contributed by atoms with E-state index in [0.717, 1.165) is 5.52 Å². The molecule has 0 atom stereocenters. The number of nitrogens with one attached hydrogen (secondary N) is 1. The van der Waals surface area contributed by atoms with Crippen molar-refractivity contribution in [3.05, 3.63) is 54.1 Å². The molecule has 108 valence electrons. The highest BCUT2D eigenvalue weighted by atomic mass is 32.2. The Bertz CT molecular complexity index is 834. The summed E-state index contributed by atoms with van der Waals surface area (Å²) in [5.74, 6) is 0.00575. The first-order valence-electron chi connectivity index (χ1n) is 6.53. The number of hydrogen-bond donors (Lipinski definition) is 1. The highest BCUT2D eigenvalue weighted by molar-refractivity contribution is 7.99. The van der Waals surface area contributed by atoms with Gasteiger partial charge in [0.2, 0.25) is 5.91 Å². The molecule has 1 heterocycles. The molecule has 6 heteroatoms. The Balaban J connectivity index is 1.61. The summed E-state index contributed by atoms with van der Waals surface area (Å²) in [5.41, 5.74) is 2.57. The van der Waals surface area contributed by atoms with Crippen LogP contribution in [0.3, 0.4) is 0 Å². The van der Waals surface area contributed by atoms with Gasteiger partial charge in [-0.25, -0.2) is 4.98 Å². The van der Waals surface area contributed by atoms with Crippen LogP contribution in [-0.2, 0) is 4.79 Å². The first-order valence-corrected chi connectivity index (χ1v) is 7.51. The minimum Gasteiger partial charge on any atom is -0.431 e. The molecule has 0 saturated carbocycles. The Labute approximate surface area is 131 Å². The van der Waals surface area contributed by atoms with Crippen LogP contribution in [0.5, 0.6) is 0 Å². The zero-order valence-electron chi connectivity index (χ0n) is 11.4. The van der Waals surface area contributed by atoms with Crippen molar-refractivity contribution in [1.29, 1.82) is 5.26 Å². The molecule has 0 saturated heterocycles. The van der Waals surface area contributed by atoms with Gasteiger partial charge < -0.3 is 9.73 Å². The third kappa shape index (κ3) is 3.27. The van der Waals surface area contributed by atoms with Crippen molar-refractivity contribution in [1.82, 2.24) is 4.98 Å². The summed E-state index contributed by atoms with van der Waals surface area (Å²) in [5, 5.41) is 12.0. The number of aromatic nitrogens is 1. The molecular weight excluding hydrogens is 298 g/mol. The number of rotatable bonds is 4. The summed E-state index contributed by atoms with van der Waals surface area (Å²) in [4.78, 5) is 16.2. The molecule has 0 unspecified atom stereocenters. The number of hydrogen-bond acceptors (Lipinski definition) is 5. The van der Waals surface area contributed by atoms with Gasteiger partial charge in [0.1, 0.15) is 5.52 Å². The van der Waals surface area contributed by atoms with E-state index in [-0.39, 0.29) is 11.7 Å². The Kier molecular flexibility index (Phi) is 4.08. The second-order valence-corrected chi connectivity index (χ2v) is 5.40. The van der Waals surface area contributed by atoms with Gasteiger partial charge in [0.15, 0.2) is 5.58 Å². The molecule has 0 aliphatic rings. The smallest absolute Gasteiger partial charge is 0.257 e. The van der Waals surface area contributed by atoms with Gasteiger partial charge in [-0.05, 0) is 30.3 Å². The number of carbonyl (C=O) groups is 1. The summed E-state index contributed by atoms with van der Waals surface area (Å²) in [6, 6.07) is 16.3. The lowest BCUT2D eigenvalue weighted by atomic mass is 10.2. The maximum absolute atomic E-state index is 11.9. The first kappa shape index (κ1) is 14.2. The fraction of sp³-hybridized carbons (Fsp3) is 0.0625. The number of amides is 1. The minimum atomic E-state index is -0.178. The Morgan fingerprint density at radius 1 is 1.27 bits per heavy atom. The number of carbonyl (C=O) groups excluding carboxylic acids is 1. The third-order valence-corrected chi connectivity index (χ3v) is 3.70. The van der Waals surface area contributed by atoms with Crippen molar-refractivity contribution in [2.45, 2.75) is 5.22 Å². The van der Waals surface area contributed by atoms with Crippen molar-refractivity contribution in [2.24, 2.45) is 0 Å². The van der Waals surface area contributed by atoms with Crippen LogP contribution in [0.2, 0.25) is 0 Å². The summed E-state index contributed by atoms with van der Waals surface area (Å²) < 4.78 is 5.53. The Morgan fingerprint density at radius 3 is 2.95 bits per heavy atom. The SMILES string of the molecule is N#Cc1cccc(NC(=O)CSc2nc3ccccc3o2)c1. The molecule has 0 spiro atoms. The lowest BCUT2D eigenvalue weighted by Gasteiger charge is -2.03. The molecule has 22 heavy (non-hydrogen) atoms. The second-order valence-electron chi connectivity index (χ2n) is 4.48. The number of oxazole rings is 1. The third-order valence-electron chi connectivity index (χ3n) is 2.88. The number of nitrogens with zero attached hydrogens (tertiary/aromatic N) is 2. The topological polar surface area (TPSA) is 78.9 Å². The highest BCUT2D eigenvalue weighted by Crippen LogP contribution is 2.23. The molecule has 1 amide bonds. The summed E-state index contributed by atoms with van der Waals surface area (Å²) in [7, 11) is 0. The molecule has 2 aromatic carbocycles. The summed E-state index contributed by atoms with van der Waals surface area (Å²) >= 11 is 1.23. The molecule has 0 bridgehead atoms. The van der Waals surface area contributed by atoms with Gasteiger partial charge in [-0.3, -0.25) is 4.79 Å². The van der Waals surface area contributed by atoms with Crippen LogP contribution >= 0.6 is 11.8 Å². The van der Waals surface area contributed by atoms with E-state index in [1.54, 1.807) is 24.3 Å². The van der Waals surface area contributed by atoms with Crippen molar-refractivity contribution >= 4 is 34.5 Å². The van der Waals surface area contributed by atoms with Crippen LogP contribution in [0.25, 0.3) is 11.1 Å². The average Bonchev–Trinajstić information content (AvgIpc) is 2.96. The van der Waals surface area contributed by atoms with Gasteiger partial charge in [0, 0.05) is 5.69 Å². The largest absolute Gasteiger partial charge is 0.431 e. The molecule has 0 aliphatic carbocycles. The molecule has 3 aromatic rings. The van der Waals surface area contributed by atoms with Gasteiger partial charge >= 0.3 is 0 Å². The lowest BCUT2D eigenvalue weighted by Crippen LogP contribution is -2.14. The number of benzene rings is 2. The fourth-order valence-electron chi connectivity index (χ4n) is 1.90.